The lowest BCUT2D eigenvalue weighted by atomic mass is 9.77. The quantitative estimate of drug-likeness (QED) is 0.216. The number of nitrogens with zero attached hydrogens (tertiary/aromatic N) is 3. The predicted molar refractivity (Wildman–Crippen MR) is 208 cm³/mol. The van der Waals surface area contributed by atoms with Crippen LogP contribution in [0.5, 0.6) is 5.88 Å². The third-order valence-electron chi connectivity index (χ3n) is 11.0. The van der Waals surface area contributed by atoms with E-state index in [2.05, 4.69) is 16.3 Å². The minimum Gasteiger partial charge on any atom is -0.472 e. The fourth-order valence-corrected chi connectivity index (χ4v) is 8.49. The number of cyclic esters (lactones) is 1. The number of hydrogen-bond donors (Lipinski definition) is 1. The second-order valence-electron chi connectivity index (χ2n) is 16.0. The summed E-state index contributed by atoms with van der Waals surface area (Å²) in [5, 5.41) is 1.69. The molecule has 1 N–H and O–H groups in total. The molecule has 12 nitrogen and oxygen atoms in total. The van der Waals surface area contributed by atoms with E-state index in [1.54, 1.807) is 36.5 Å². The molecule has 2 fully saturated rings. The van der Waals surface area contributed by atoms with Crippen LogP contribution in [0, 0.1) is 22.7 Å². The Morgan fingerprint density at radius 2 is 1.89 bits per heavy atom. The van der Waals surface area contributed by atoms with Crippen LogP contribution in [-0.2, 0) is 40.7 Å². The normalized spacial score (nSPS) is 25.4. The van der Waals surface area contributed by atoms with E-state index in [0.29, 0.717) is 18.7 Å². The van der Waals surface area contributed by atoms with Crippen molar-refractivity contribution in [2.45, 2.75) is 78.0 Å². The lowest BCUT2D eigenvalue weighted by Crippen LogP contribution is -2.49. The number of esters is 1. The van der Waals surface area contributed by atoms with Crippen molar-refractivity contribution in [1.29, 1.82) is 0 Å². The summed E-state index contributed by atoms with van der Waals surface area (Å²) >= 11 is 0. The van der Waals surface area contributed by atoms with Crippen molar-refractivity contribution < 1.29 is 37.1 Å². The van der Waals surface area contributed by atoms with Gasteiger partial charge in [-0.25, -0.2) is 9.71 Å². The van der Waals surface area contributed by atoms with Crippen molar-refractivity contribution in [3.8, 4) is 5.88 Å². The van der Waals surface area contributed by atoms with Gasteiger partial charge < -0.3 is 14.4 Å². The van der Waals surface area contributed by atoms with Crippen molar-refractivity contribution in [1.82, 2.24) is 18.9 Å². The molecule has 3 heterocycles. The van der Waals surface area contributed by atoms with Crippen LogP contribution >= 0.6 is 0 Å². The molecule has 0 spiro atoms. The molecule has 0 radical (unpaired) electrons. The largest absolute Gasteiger partial charge is 0.472 e. The minimum atomic E-state index is -4.27. The highest BCUT2D eigenvalue weighted by Crippen LogP contribution is 2.57. The summed E-state index contributed by atoms with van der Waals surface area (Å²) in [5.74, 6) is -3.02. The van der Waals surface area contributed by atoms with Crippen molar-refractivity contribution in [2.75, 3.05) is 20.2 Å². The van der Waals surface area contributed by atoms with Crippen molar-refractivity contribution >= 4 is 50.6 Å². The van der Waals surface area contributed by atoms with Crippen molar-refractivity contribution in [2.24, 2.45) is 22.7 Å². The van der Waals surface area contributed by atoms with E-state index in [1.165, 1.54) is 11.9 Å². The van der Waals surface area contributed by atoms with E-state index in [1.807, 2.05) is 63.3 Å². The maximum absolute atomic E-state index is 14.6. The van der Waals surface area contributed by atoms with E-state index >= 15 is 0 Å². The number of ether oxygens (including phenoxy) is 2. The Balaban J connectivity index is 1.29. The zero-order valence-corrected chi connectivity index (χ0v) is 32.7. The van der Waals surface area contributed by atoms with E-state index in [0.717, 1.165) is 26.2 Å². The zero-order valence-electron chi connectivity index (χ0n) is 31.9. The lowest BCUT2D eigenvalue weighted by molar-refractivity contribution is -0.153. The van der Waals surface area contributed by atoms with Crippen molar-refractivity contribution in [3.63, 3.8) is 0 Å². The number of carbonyl (C=O) groups is 4. The second kappa shape index (κ2) is 16.1. The molecule has 3 aromatic rings. The van der Waals surface area contributed by atoms with Crippen LogP contribution in [-0.4, -0.2) is 78.5 Å². The van der Waals surface area contributed by atoms with Crippen LogP contribution in [0.1, 0.15) is 70.4 Å². The second-order valence-corrected chi connectivity index (χ2v) is 17.8. The third kappa shape index (κ3) is 8.99. The van der Waals surface area contributed by atoms with Crippen LogP contribution in [0.2, 0.25) is 0 Å². The number of aromatic nitrogens is 1. The summed E-state index contributed by atoms with van der Waals surface area (Å²) in [5.41, 5.74) is -0.368. The molecule has 2 aliphatic heterocycles. The van der Waals surface area contributed by atoms with Gasteiger partial charge >= 0.3 is 16.2 Å². The smallest absolute Gasteiger partial charge is 0.306 e. The molecule has 1 aromatic heterocycles. The number of fused-ring (bicyclic) bond motifs is 3. The Labute approximate surface area is 323 Å². The Bertz CT molecular complexity index is 2100. The van der Waals surface area contributed by atoms with E-state index < -0.39 is 68.6 Å². The maximum atomic E-state index is 14.6. The van der Waals surface area contributed by atoms with Crippen LogP contribution in [0.25, 0.3) is 16.8 Å². The molecule has 4 bridgehead atoms. The van der Waals surface area contributed by atoms with Gasteiger partial charge in [0.05, 0.1) is 36.9 Å². The molecule has 2 amide bonds. The van der Waals surface area contributed by atoms with Gasteiger partial charge in [-0.2, -0.15) is 12.7 Å². The molecule has 292 valence electrons. The summed E-state index contributed by atoms with van der Waals surface area (Å²) in [4.78, 5) is 62.1. The van der Waals surface area contributed by atoms with Crippen LogP contribution in [0.3, 0.4) is 0 Å². The van der Waals surface area contributed by atoms with Gasteiger partial charge in [-0.05, 0) is 59.2 Å². The number of allylic oxidation sites excluding steroid dienone is 2. The number of carbonyl (C=O) groups excluding carboxylic acids is 4. The van der Waals surface area contributed by atoms with Gasteiger partial charge in [0, 0.05) is 38.0 Å². The SMILES string of the molecule is C=C[C@H]1C[C@]1(CC(=O)[C@@H]1C[C@@H]2CN1C(=O)[C@H](C(C)(C)C)CC(=O)OCCC/C=C/c1ccc3ccnc(c3c1)O2)C(=O)NS(=O)(=O)N(C)Cc1ccccc1. The van der Waals surface area contributed by atoms with Gasteiger partial charge in [-0.3, -0.25) is 19.2 Å². The highest BCUT2D eigenvalue weighted by molar-refractivity contribution is 7.87. The average molecular weight is 771 g/mol. The lowest BCUT2D eigenvalue weighted by Gasteiger charge is -2.34. The zero-order chi connectivity index (χ0) is 39.5. The third-order valence-corrected chi connectivity index (χ3v) is 12.4. The first-order chi connectivity index (χ1) is 26.1. The number of amides is 2. The van der Waals surface area contributed by atoms with E-state index in [9.17, 15) is 27.6 Å². The summed E-state index contributed by atoms with van der Waals surface area (Å²) in [7, 11) is -2.90. The minimum absolute atomic E-state index is 0.0346. The Morgan fingerprint density at radius 1 is 1.13 bits per heavy atom. The number of ketones is 1. The van der Waals surface area contributed by atoms with Gasteiger partial charge in [0.25, 0.3) is 0 Å². The highest BCUT2D eigenvalue weighted by atomic mass is 32.2. The van der Waals surface area contributed by atoms with Gasteiger partial charge in [-0.1, -0.05) is 81.5 Å². The Hall–Kier alpha value is -4.88. The molecule has 0 unspecified atom stereocenters. The van der Waals surface area contributed by atoms with Crippen LogP contribution in [0.4, 0.5) is 0 Å². The summed E-state index contributed by atoms with van der Waals surface area (Å²) < 4.78 is 42.0. The maximum Gasteiger partial charge on any atom is 0.306 e. The van der Waals surface area contributed by atoms with E-state index in [-0.39, 0.29) is 45.4 Å². The Kier molecular flexibility index (Phi) is 11.6. The molecule has 5 atom stereocenters. The van der Waals surface area contributed by atoms with Crippen molar-refractivity contribution in [3.05, 3.63) is 90.7 Å². The average Bonchev–Trinajstić information content (AvgIpc) is 3.70. The predicted octanol–water partition coefficient (Wildman–Crippen LogP) is 5.63. The number of benzene rings is 2. The number of Topliss-reactive ketones (excluding diaryl/α,β-unsaturated/α-hetero) is 1. The standard InChI is InChI=1S/C42H50N4O8S/c1-6-31-24-42(31,40(50)44-55(51,52)45(5)26-29-14-9-7-10-15-29)25-36(47)35-22-32-27-46(35)39(49)34(41(2,3)4)23-37(48)53-20-12-8-11-13-28-16-17-30-18-19-43-38(54-32)33(30)21-28/h6-7,9-11,13-19,21,31-32,34-35H,1,8,12,20,22-27H2,2-5H3,(H,44,50)/b13-11+/t31-,32+,34+,35-,42+/m0/s1. The summed E-state index contributed by atoms with van der Waals surface area (Å²) in [6.07, 6.45) is 7.71. The van der Waals surface area contributed by atoms with E-state index in [4.69, 9.17) is 9.47 Å². The Morgan fingerprint density at radius 3 is 2.60 bits per heavy atom. The van der Waals surface area contributed by atoms with Crippen LogP contribution in [0.15, 0.2) is 79.5 Å². The monoisotopic (exact) mass is 770 g/mol. The number of pyridine rings is 1. The number of nitrogens with one attached hydrogen (secondary N) is 1. The topological polar surface area (TPSA) is 152 Å². The number of rotatable bonds is 9. The van der Waals surface area contributed by atoms with Gasteiger partial charge in [0.1, 0.15) is 6.10 Å². The van der Waals surface area contributed by atoms with Gasteiger partial charge in [-0.15, -0.1) is 6.58 Å². The molecule has 1 saturated heterocycles. The molecular formula is C42H50N4O8S. The fraction of sp³-hybridized carbons (Fsp3) is 0.452. The molecule has 2 aromatic carbocycles. The summed E-state index contributed by atoms with van der Waals surface area (Å²) in [6.45, 7) is 9.72. The molecule has 3 aliphatic rings. The number of hydrogen-bond acceptors (Lipinski definition) is 9. The molecular weight excluding hydrogens is 721 g/mol. The van der Waals surface area contributed by atoms with Gasteiger partial charge in [0.2, 0.25) is 17.7 Å². The first kappa shape index (κ1) is 39.8. The molecule has 13 heteroatoms. The van der Waals surface area contributed by atoms with Crippen LogP contribution < -0.4 is 9.46 Å². The highest BCUT2D eigenvalue weighted by Gasteiger charge is 2.61. The molecule has 6 rings (SSSR count). The fourth-order valence-electron chi connectivity index (χ4n) is 7.58. The van der Waals surface area contributed by atoms with Gasteiger partial charge in [0.15, 0.2) is 5.78 Å². The molecule has 1 saturated carbocycles. The summed E-state index contributed by atoms with van der Waals surface area (Å²) in [6, 6.07) is 15.8. The first-order valence-electron chi connectivity index (χ1n) is 18.8. The molecule has 1 aliphatic carbocycles. The first-order valence-corrected chi connectivity index (χ1v) is 20.2. The molecule has 55 heavy (non-hydrogen) atoms.